The van der Waals surface area contributed by atoms with Crippen molar-refractivity contribution in [1.29, 1.82) is 0 Å². The number of nitrogens with one attached hydrogen (secondary N) is 1. The summed E-state index contributed by atoms with van der Waals surface area (Å²) < 4.78 is 5.65. The number of hydrogen-bond acceptors (Lipinski definition) is 3. The van der Waals surface area contributed by atoms with Crippen LogP contribution in [0.5, 0.6) is 5.75 Å². The maximum atomic E-state index is 11.5. The van der Waals surface area contributed by atoms with E-state index in [4.69, 9.17) is 10.5 Å². The molecule has 1 aliphatic heterocycles. The van der Waals surface area contributed by atoms with Gasteiger partial charge in [0.1, 0.15) is 11.3 Å². The van der Waals surface area contributed by atoms with E-state index in [0.29, 0.717) is 13.0 Å². The van der Waals surface area contributed by atoms with Crippen molar-refractivity contribution >= 4 is 5.91 Å². The van der Waals surface area contributed by atoms with Crippen LogP contribution < -0.4 is 15.8 Å². The van der Waals surface area contributed by atoms with E-state index in [2.05, 4.69) is 5.32 Å². The quantitative estimate of drug-likeness (QED) is 0.827. The lowest BCUT2D eigenvalue weighted by molar-refractivity contribution is -0.124. The Labute approximate surface area is 108 Å². The fourth-order valence-corrected chi connectivity index (χ4v) is 2.33. The monoisotopic (exact) mass is 248 g/mol. The zero-order valence-electron chi connectivity index (χ0n) is 10.7. The maximum absolute atomic E-state index is 11.5. The molecule has 2 rings (SSSR count). The smallest absolute Gasteiger partial charge is 0.237 e. The molecule has 1 fully saturated rings. The summed E-state index contributed by atoms with van der Waals surface area (Å²) in [5.41, 5.74) is 6.11. The van der Waals surface area contributed by atoms with Crippen LogP contribution in [0.3, 0.4) is 0 Å². The molecular formula is C14H20N2O2. The Morgan fingerprint density at radius 2 is 2.17 bits per heavy atom. The van der Waals surface area contributed by atoms with Crippen molar-refractivity contribution in [3.05, 3.63) is 29.8 Å². The Kier molecular flexibility index (Phi) is 3.87. The lowest BCUT2D eigenvalue weighted by Gasteiger charge is -2.25. The van der Waals surface area contributed by atoms with Gasteiger partial charge in [0, 0.05) is 6.42 Å². The third-order valence-electron chi connectivity index (χ3n) is 3.53. The molecule has 1 aromatic carbocycles. The molecule has 4 nitrogen and oxygen atoms in total. The molecule has 0 aliphatic carbocycles. The molecule has 1 atom stereocenters. The van der Waals surface area contributed by atoms with Gasteiger partial charge in [0.15, 0.2) is 0 Å². The molecule has 1 amide bonds. The van der Waals surface area contributed by atoms with Gasteiger partial charge in [-0.05, 0) is 38.4 Å². The number of amides is 1. The highest BCUT2D eigenvalue weighted by molar-refractivity contribution is 5.85. The van der Waals surface area contributed by atoms with Crippen molar-refractivity contribution in [2.45, 2.75) is 31.7 Å². The summed E-state index contributed by atoms with van der Waals surface area (Å²) in [4.78, 5) is 11.5. The number of hydrogen-bond donors (Lipinski definition) is 2. The third-order valence-corrected chi connectivity index (χ3v) is 3.53. The highest BCUT2D eigenvalue weighted by atomic mass is 16.5. The van der Waals surface area contributed by atoms with Crippen molar-refractivity contribution in [3.63, 3.8) is 0 Å². The maximum Gasteiger partial charge on any atom is 0.237 e. The van der Waals surface area contributed by atoms with Gasteiger partial charge in [-0.1, -0.05) is 17.7 Å². The van der Waals surface area contributed by atoms with E-state index in [-0.39, 0.29) is 5.91 Å². The van der Waals surface area contributed by atoms with Crippen molar-refractivity contribution in [1.82, 2.24) is 5.32 Å². The molecule has 98 valence electrons. The summed E-state index contributed by atoms with van der Waals surface area (Å²) in [5.74, 6) is 0.561. The van der Waals surface area contributed by atoms with E-state index < -0.39 is 5.54 Å². The first-order valence-corrected chi connectivity index (χ1v) is 6.37. The van der Waals surface area contributed by atoms with Crippen molar-refractivity contribution in [2.75, 3.05) is 13.2 Å². The van der Waals surface area contributed by atoms with Crippen LogP contribution in [-0.2, 0) is 4.79 Å². The Morgan fingerprint density at radius 1 is 1.44 bits per heavy atom. The largest absolute Gasteiger partial charge is 0.494 e. The van der Waals surface area contributed by atoms with Gasteiger partial charge in [-0.15, -0.1) is 0 Å². The van der Waals surface area contributed by atoms with Gasteiger partial charge in [-0.25, -0.2) is 0 Å². The van der Waals surface area contributed by atoms with E-state index in [9.17, 15) is 4.79 Å². The predicted molar refractivity (Wildman–Crippen MR) is 70.5 cm³/mol. The summed E-state index contributed by atoms with van der Waals surface area (Å²) >= 11 is 0. The number of rotatable bonds is 5. The van der Waals surface area contributed by atoms with Gasteiger partial charge >= 0.3 is 0 Å². The summed E-state index contributed by atoms with van der Waals surface area (Å²) in [6, 6.07) is 7.89. The standard InChI is InChI=1S/C14H20N2O2/c1-11-3-5-12(6-4-11)18-10-8-14(13(15)17)7-2-9-16-14/h3-6,16H,2,7-10H2,1H3,(H2,15,17). The molecule has 1 heterocycles. The topological polar surface area (TPSA) is 64.3 Å². The van der Waals surface area contributed by atoms with Crippen LogP contribution >= 0.6 is 0 Å². The highest BCUT2D eigenvalue weighted by Gasteiger charge is 2.38. The highest BCUT2D eigenvalue weighted by Crippen LogP contribution is 2.23. The van der Waals surface area contributed by atoms with Gasteiger partial charge < -0.3 is 15.8 Å². The van der Waals surface area contributed by atoms with Crippen molar-refractivity contribution in [2.24, 2.45) is 5.73 Å². The van der Waals surface area contributed by atoms with Gasteiger partial charge in [-0.2, -0.15) is 0 Å². The number of ether oxygens (including phenoxy) is 1. The lowest BCUT2D eigenvalue weighted by atomic mass is 9.93. The van der Waals surface area contributed by atoms with Crippen LogP contribution in [0.15, 0.2) is 24.3 Å². The van der Waals surface area contributed by atoms with Crippen LogP contribution in [0.2, 0.25) is 0 Å². The fraction of sp³-hybridized carbons (Fsp3) is 0.500. The average molecular weight is 248 g/mol. The molecule has 0 spiro atoms. The average Bonchev–Trinajstić information content (AvgIpc) is 2.82. The predicted octanol–water partition coefficient (Wildman–Crippen LogP) is 1.37. The minimum absolute atomic E-state index is 0.271. The zero-order chi connectivity index (χ0) is 13.0. The summed E-state index contributed by atoms with van der Waals surface area (Å²) in [6.45, 7) is 3.39. The molecule has 0 saturated carbocycles. The molecule has 0 aromatic heterocycles. The van der Waals surface area contributed by atoms with Crippen LogP contribution in [0.1, 0.15) is 24.8 Å². The van der Waals surface area contributed by atoms with Crippen LogP contribution in [0, 0.1) is 6.92 Å². The normalized spacial score (nSPS) is 22.9. The van der Waals surface area contributed by atoms with E-state index in [1.807, 2.05) is 31.2 Å². The minimum atomic E-state index is -0.565. The lowest BCUT2D eigenvalue weighted by Crippen LogP contribution is -2.52. The van der Waals surface area contributed by atoms with E-state index in [1.165, 1.54) is 5.56 Å². The molecule has 0 radical (unpaired) electrons. The molecule has 1 aromatic rings. The first-order valence-electron chi connectivity index (χ1n) is 6.37. The van der Waals surface area contributed by atoms with Gasteiger partial charge in [-0.3, -0.25) is 4.79 Å². The second-order valence-electron chi connectivity index (χ2n) is 4.89. The van der Waals surface area contributed by atoms with E-state index in [0.717, 1.165) is 25.1 Å². The first-order chi connectivity index (χ1) is 8.62. The Balaban J connectivity index is 1.87. The number of aryl methyl sites for hydroxylation is 1. The fourth-order valence-electron chi connectivity index (χ4n) is 2.33. The molecule has 3 N–H and O–H groups in total. The van der Waals surface area contributed by atoms with Crippen molar-refractivity contribution in [3.8, 4) is 5.75 Å². The molecule has 1 aliphatic rings. The van der Waals surface area contributed by atoms with E-state index >= 15 is 0 Å². The molecule has 1 unspecified atom stereocenters. The van der Waals surface area contributed by atoms with E-state index in [1.54, 1.807) is 0 Å². The molecule has 1 saturated heterocycles. The second-order valence-corrected chi connectivity index (χ2v) is 4.89. The first kappa shape index (κ1) is 12.9. The zero-order valence-corrected chi connectivity index (χ0v) is 10.7. The second kappa shape index (κ2) is 5.40. The van der Waals surface area contributed by atoms with Crippen LogP contribution in [0.25, 0.3) is 0 Å². The number of benzene rings is 1. The Hall–Kier alpha value is -1.55. The number of primary amides is 1. The van der Waals surface area contributed by atoms with Gasteiger partial charge in [0.05, 0.1) is 6.61 Å². The molecular weight excluding hydrogens is 228 g/mol. The van der Waals surface area contributed by atoms with Gasteiger partial charge in [0.2, 0.25) is 5.91 Å². The SMILES string of the molecule is Cc1ccc(OCCC2(C(N)=O)CCCN2)cc1. The number of nitrogens with two attached hydrogens (primary N) is 1. The van der Waals surface area contributed by atoms with Gasteiger partial charge in [0.25, 0.3) is 0 Å². The molecule has 4 heteroatoms. The molecule has 18 heavy (non-hydrogen) atoms. The minimum Gasteiger partial charge on any atom is -0.494 e. The van der Waals surface area contributed by atoms with Crippen molar-refractivity contribution < 1.29 is 9.53 Å². The summed E-state index contributed by atoms with van der Waals surface area (Å²) in [5, 5.41) is 3.21. The third kappa shape index (κ3) is 2.82. The van der Waals surface area contributed by atoms with Crippen LogP contribution in [0.4, 0.5) is 0 Å². The summed E-state index contributed by atoms with van der Waals surface area (Å²) in [6.07, 6.45) is 2.42. The number of carbonyl (C=O) groups is 1. The summed E-state index contributed by atoms with van der Waals surface area (Å²) in [7, 11) is 0. The Bertz CT molecular complexity index is 408. The Morgan fingerprint density at radius 3 is 2.72 bits per heavy atom. The van der Waals surface area contributed by atoms with Crippen LogP contribution in [-0.4, -0.2) is 24.6 Å². The number of carbonyl (C=O) groups excluding carboxylic acids is 1. The molecule has 0 bridgehead atoms.